The molecule has 1 N–H and O–H groups in total. The van der Waals surface area contributed by atoms with Crippen LogP contribution in [0.25, 0.3) is 0 Å². The summed E-state index contributed by atoms with van der Waals surface area (Å²) < 4.78 is 0. The monoisotopic (exact) mass is 375 g/mol. The molecular formula is C22H21N3OS. The Labute approximate surface area is 163 Å². The van der Waals surface area contributed by atoms with Gasteiger partial charge in [-0.3, -0.25) is 4.98 Å². The molecule has 3 heterocycles. The highest BCUT2D eigenvalue weighted by molar-refractivity contribution is 7.09. The second kappa shape index (κ2) is 6.49. The highest BCUT2D eigenvalue weighted by Gasteiger charge is 2.35. The fraction of sp³-hybridized carbons (Fsp3) is 0.273. The molecule has 3 aromatic rings. The van der Waals surface area contributed by atoms with Gasteiger partial charge in [-0.1, -0.05) is 31.8 Å². The van der Waals surface area contributed by atoms with Crippen LogP contribution < -0.4 is 4.90 Å². The van der Waals surface area contributed by atoms with E-state index < -0.39 is 5.60 Å². The molecule has 0 saturated heterocycles. The molecule has 4 rings (SSSR count). The first-order valence-corrected chi connectivity index (χ1v) is 9.72. The molecule has 0 unspecified atom stereocenters. The number of hydrogen-bond donors (Lipinski definition) is 1. The number of pyridine rings is 1. The van der Waals surface area contributed by atoms with Crippen LogP contribution in [0.3, 0.4) is 0 Å². The summed E-state index contributed by atoms with van der Waals surface area (Å²) in [5, 5.41) is 13.0. The van der Waals surface area contributed by atoms with Crippen molar-refractivity contribution in [2.75, 3.05) is 11.4 Å². The Kier molecular flexibility index (Phi) is 4.26. The molecule has 0 bridgehead atoms. The van der Waals surface area contributed by atoms with Crippen molar-refractivity contribution in [1.29, 1.82) is 0 Å². The van der Waals surface area contributed by atoms with Gasteiger partial charge in [-0.15, -0.1) is 11.3 Å². The van der Waals surface area contributed by atoms with E-state index in [4.69, 9.17) is 0 Å². The standard InChI is InChI=1S/C22H21N3OS/c1-21(2)15-25(17-7-10-23-11-8-17)19-14-16(4-5-18(19)21)6-9-22(3,26)20-24-12-13-27-20/h4-5,7-8,10-14,26H,15H2,1-3H3/t22-/m1/s1. The number of hydrogen-bond acceptors (Lipinski definition) is 5. The van der Waals surface area contributed by atoms with Crippen LogP contribution in [0.2, 0.25) is 0 Å². The van der Waals surface area contributed by atoms with Crippen LogP contribution in [0.1, 0.15) is 36.9 Å². The Balaban J connectivity index is 1.72. The van der Waals surface area contributed by atoms with Crippen molar-refractivity contribution in [1.82, 2.24) is 9.97 Å². The second-order valence-electron chi connectivity index (χ2n) is 7.57. The van der Waals surface area contributed by atoms with Crippen molar-refractivity contribution < 1.29 is 5.11 Å². The van der Waals surface area contributed by atoms with E-state index in [1.54, 1.807) is 13.1 Å². The van der Waals surface area contributed by atoms with E-state index in [2.05, 4.69) is 52.7 Å². The van der Waals surface area contributed by atoms with Crippen molar-refractivity contribution in [3.8, 4) is 11.8 Å². The molecule has 1 aliphatic heterocycles. The van der Waals surface area contributed by atoms with Crippen molar-refractivity contribution >= 4 is 22.7 Å². The summed E-state index contributed by atoms with van der Waals surface area (Å²) in [6, 6.07) is 10.3. The quantitative estimate of drug-likeness (QED) is 0.681. The Morgan fingerprint density at radius 2 is 1.96 bits per heavy atom. The number of aromatic nitrogens is 2. The molecule has 1 aromatic carbocycles. The number of nitrogens with zero attached hydrogens (tertiary/aromatic N) is 3. The summed E-state index contributed by atoms with van der Waals surface area (Å²) in [6.45, 7) is 7.09. The minimum absolute atomic E-state index is 0.0525. The predicted octanol–water partition coefficient (Wildman–Crippen LogP) is 4.23. The van der Waals surface area contributed by atoms with E-state index in [0.717, 1.165) is 23.5 Å². The number of rotatable bonds is 2. The van der Waals surface area contributed by atoms with Crippen LogP contribution in [-0.4, -0.2) is 21.6 Å². The molecule has 2 aromatic heterocycles. The van der Waals surface area contributed by atoms with Crippen molar-refractivity contribution in [3.05, 3.63) is 70.4 Å². The van der Waals surface area contributed by atoms with Gasteiger partial charge in [0, 0.05) is 52.9 Å². The lowest BCUT2D eigenvalue weighted by Gasteiger charge is -2.22. The highest BCUT2D eigenvalue weighted by atomic mass is 32.1. The Hall–Kier alpha value is -2.68. The molecule has 136 valence electrons. The van der Waals surface area contributed by atoms with Crippen LogP contribution in [-0.2, 0) is 11.0 Å². The maximum atomic E-state index is 10.6. The summed E-state index contributed by atoms with van der Waals surface area (Å²) in [5.41, 5.74) is 3.26. The number of anilines is 2. The first-order valence-electron chi connectivity index (χ1n) is 8.84. The maximum absolute atomic E-state index is 10.6. The Bertz CT molecular complexity index is 1010. The number of fused-ring (bicyclic) bond motifs is 1. The summed E-state index contributed by atoms with van der Waals surface area (Å²) in [6.07, 6.45) is 5.31. The van der Waals surface area contributed by atoms with Crippen LogP contribution in [0.5, 0.6) is 0 Å². The van der Waals surface area contributed by atoms with Crippen LogP contribution in [0.15, 0.2) is 54.3 Å². The van der Waals surface area contributed by atoms with E-state index in [9.17, 15) is 5.11 Å². The van der Waals surface area contributed by atoms with Crippen molar-refractivity contribution in [2.45, 2.75) is 31.8 Å². The van der Waals surface area contributed by atoms with Crippen LogP contribution >= 0.6 is 11.3 Å². The van der Waals surface area contributed by atoms with Gasteiger partial charge in [0.15, 0.2) is 5.60 Å². The molecule has 0 spiro atoms. The topological polar surface area (TPSA) is 49.2 Å². The summed E-state index contributed by atoms with van der Waals surface area (Å²) in [5.74, 6) is 6.10. The molecule has 0 aliphatic carbocycles. The van der Waals surface area contributed by atoms with Gasteiger partial charge in [0.25, 0.3) is 0 Å². The average Bonchev–Trinajstić information content (AvgIpc) is 3.28. The van der Waals surface area contributed by atoms with E-state index in [1.807, 2.05) is 36.0 Å². The molecule has 4 nitrogen and oxygen atoms in total. The van der Waals surface area contributed by atoms with Gasteiger partial charge in [-0.25, -0.2) is 4.98 Å². The molecule has 0 saturated carbocycles. The number of thiazole rings is 1. The number of aliphatic hydroxyl groups is 1. The van der Waals surface area contributed by atoms with Gasteiger partial charge >= 0.3 is 0 Å². The Morgan fingerprint density at radius 1 is 1.19 bits per heavy atom. The van der Waals surface area contributed by atoms with Crippen LogP contribution in [0.4, 0.5) is 11.4 Å². The SMILES string of the molecule is CC1(C)CN(c2ccncc2)c2cc(C#C[C@@](C)(O)c3nccs3)ccc21. The van der Waals surface area contributed by atoms with Gasteiger partial charge in [0.2, 0.25) is 0 Å². The fourth-order valence-electron chi connectivity index (χ4n) is 3.44. The van der Waals surface area contributed by atoms with Gasteiger partial charge in [0.05, 0.1) is 0 Å². The Morgan fingerprint density at radius 3 is 2.67 bits per heavy atom. The third kappa shape index (κ3) is 3.34. The van der Waals surface area contributed by atoms with E-state index >= 15 is 0 Å². The zero-order valence-corrected chi connectivity index (χ0v) is 16.4. The van der Waals surface area contributed by atoms with Gasteiger partial charge in [-0.2, -0.15) is 0 Å². The normalized spacial score (nSPS) is 17.0. The molecule has 0 radical (unpaired) electrons. The molecule has 5 heteroatoms. The molecule has 27 heavy (non-hydrogen) atoms. The van der Waals surface area contributed by atoms with Gasteiger partial charge in [-0.05, 0) is 36.8 Å². The molecule has 0 amide bonds. The number of benzene rings is 1. The largest absolute Gasteiger partial charge is 0.371 e. The highest BCUT2D eigenvalue weighted by Crippen LogP contribution is 2.44. The summed E-state index contributed by atoms with van der Waals surface area (Å²) >= 11 is 1.40. The lowest BCUT2D eigenvalue weighted by Crippen LogP contribution is -2.24. The average molecular weight is 375 g/mol. The van der Waals surface area contributed by atoms with E-state index in [-0.39, 0.29) is 5.41 Å². The summed E-state index contributed by atoms with van der Waals surface area (Å²) in [4.78, 5) is 10.6. The first kappa shape index (κ1) is 17.7. The maximum Gasteiger partial charge on any atom is 0.174 e. The van der Waals surface area contributed by atoms with Gasteiger partial charge in [0.1, 0.15) is 5.01 Å². The lowest BCUT2D eigenvalue weighted by molar-refractivity contribution is 0.122. The van der Waals surface area contributed by atoms with E-state index in [1.165, 1.54) is 16.9 Å². The second-order valence-corrected chi connectivity index (χ2v) is 8.46. The molecule has 1 atom stereocenters. The first-order chi connectivity index (χ1) is 12.9. The summed E-state index contributed by atoms with van der Waals surface area (Å²) in [7, 11) is 0. The third-order valence-electron chi connectivity index (χ3n) is 4.84. The van der Waals surface area contributed by atoms with E-state index in [0.29, 0.717) is 5.01 Å². The smallest absolute Gasteiger partial charge is 0.174 e. The van der Waals surface area contributed by atoms with Crippen LogP contribution in [0, 0.1) is 11.8 Å². The third-order valence-corrected chi connectivity index (χ3v) is 5.83. The molecule has 1 aliphatic rings. The van der Waals surface area contributed by atoms with Crippen molar-refractivity contribution in [3.63, 3.8) is 0 Å². The predicted molar refractivity (Wildman–Crippen MR) is 109 cm³/mol. The van der Waals surface area contributed by atoms with Crippen molar-refractivity contribution in [2.24, 2.45) is 0 Å². The minimum Gasteiger partial charge on any atom is -0.371 e. The minimum atomic E-state index is -1.25. The lowest BCUT2D eigenvalue weighted by atomic mass is 9.86. The zero-order chi connectivity index (χ0) is 19.1. The fourth-order valence-corrected chi connectivity index (χ4v) is 4.09. The zero-order valence-electron chi connectivity index (χ0n) is 15.6. The van der Waals surface area contributed by atoms with Gasteiger partial charge < -0.3 is 10.0 Å². The molecule has 0 fully saturated rings. The molecular weight excluding hydrogens is 354 g/mol.